The summed E-state index contributed by atoms with van der Waals surface area (Å²) in [6.07, 6.45) is -0.763. The Labute approximate surface area is 112 Å². The summed E-state index contributed by atoms with van der Waals surface area (Å²) in [5.41, 5.74) is -0.691. The molecule has 104 valence electrons. The molecule has 19 heavy (non-hydrogen) atoms. The first kappa shape index (κ1) is 14.9. The van der Waals surface area contributed by atoms with Crippen molar-refractivity contribution in [2.75, 3.05) is 12.0 Å². The van der Waals surface area contributed by atoms with E-state index in [4.69, 9.17) is 9.47 Å². The lowest BCUT2D eigenvalue weighted by Gasteiger charge is -2.24. The number of methoxy groups -OCH3 is 1. The Morgan fingerprint density at radius 3 is 2.37 bits per heavy atom. The van der Waals surface area contributed by atoms with Crippen molar-refractivity contribution in [1.29, 1.82) is 0 Å². The van der Waals surface area contributed by atoms with Crippen LogP contribution in [0.25, 0.3) is 0 Å². The van der Waals surface area contributed by atoms with Gasteiger partial charge < -0.3 is 9.47 Å². The van der Waals surface area contributed by atoms with Gasteiger partial charge >= 0.3 is 6.09 Å². The zero-order chi connectivity index (χ0) is 14.6. The fourth-order valence-corrected chi connectivity index (χ4v) is 1.33. The van der Waals surface area contributed by atoms with Gasteiger partial charge in [0.2, 0.25) is 11.8 Å². The molecule has 0 atom stereocenters. The van der Waals surface area contributed by atoms with Gasteiger partial charge in [-0.15, -0.1) is 0 Å². The molecule has 0 bridgehead atoms. The van der Waals surface area contributed by atoms with Gasteiger partial charge in [-0.1, -0.05) is 6.07 Å². The molecule has 6 nitrogen and oxygen atoms in total. The van der Waals surface area contributed by atoms with E-state index in [-0.39, 0.29) is 5.82 Å². The maximum atomic E-state index is 12.0. The summed E-state index contributed by atoms with van der Waals surface area (Å²) in [4.78, 5) is 28.5. The summed E-state index contributed by atoms with van der Waals surface area (Å²) in [7, 11) is 1.46. The Morgan fingerprint density at radius 1 is 1.26 bits per heavy atom. The van der Waals surface area contributed by atoms with Crippen molar-refractivity contribution in [1.82, 2.24) is 4.98 Å². The minimum Gasteiger partial charge on any atom is -0.481 e. The molecule has 0 spiro atoms. The number of carbonyl (C=O) groups is 2. The second-order valence-corrected chi connectivity index (χ2v) is 4.87. The van der Waals surface area contributed by atoms with Gasteiger partial charge in [0.25, 0.3) is 0 Å². The van der Waals surface area contributed by atoms with Crippen LogP contribution in [0.2, 0.25) is 0 Å². The quantitative estimate of drug-likeness (QED) is 0.822. The topological polar surface area (TPSA) is 68.7 Å². The number of pyridine rings is 1. The highest BCUT2D eigenvalue weighted by molar-refractivity contribution is 6.10. The maximum absolute atomic E-state index is 12.0. The highest BCUT2D eigenvalue weighted by Gasteiger charge is 2.27. The van der Waals surface area contributed by atoms with Crippen LogP contribution >= 0.6 is 0 Å². The monoisotopic (exact) mass is 266 g/mol. The normalized spacial score (nSPS) is 10.8. The molecule has 0 N–H and O–H groups in total. The summed E-state index contributed by atoms with van der Waals surface area (Å²) >= 11 is 0. The zero-order valence-corrected chi connectivity index (χ0v) is 11.8. The van der Waals surface area contributed by atoms with E-state index in [1.54, 1.807) is 32.9 Å². The van der Waals surface area contributed by atoms with Gasteiger partial charge in [0.1, 0.15) is 11.4 Å². The second kappa shape index (κ2) is 5.69. The third-order valence-electron chi connectivity index (χ3n) is 2.04. The molecule has 0 aliphatic rings. The van der Waals surface area contributed by atoms with Gasteiger partial charge in [-0.3, -0.25) is 4.79 Å². The van der Waals surface area contributed by atoms with Crippen LogP contribution in [0.4, 0.5) is 10.6 Å². The Kier molecular flexibility index (Phi) is 4.47. The maximum Gasteiger partial charge on any atom is 0.422 e. The Hall–Kier alpha value is -2.11. The highest BCUT2D eigenvalue weighted by atomic mass is 16.6. The number of carbonyl (C=O) groups excluding carboxylic acids is 2. The average molecular weight is 266 g/mol. The van der Waals surface area contributed by atoms with Crippen molar-refractivity contribution in [3.8, 4) is 5.88 Å². The van der Waals surface area contributed by atoms with E-state index in [1.807, 2.05) is 0 Å². The lowest BCUT2D eigenvalue weighted by atomic mass is 10.2. The molecule has 0 saturated carbocycles. The average Bonchev–Trinajstić information content (AvgIpc) is 2.26. The molecule has 0 aromatic carbocycles. The second-order valence-electron chi connectivity index (χ2n) is 4.87. The van der Waals surface area contributed by atoms with Crippen LogP contribution in [-0.2, 0) is 9.53 Å². The fraction of sp³-hybridized carbons (Fsp3) is 0.462. The van der Waals surface area contributed by atoms with Crippen LogP contribution < -0.4 is 9.64 Å². The standard InChI is InChI=1S/C13H18N2O4/c1-9(16)15(12(17)19-13(2,3)4)10-7-6-8-11(14-10)18-5/h6-8H,1-5H3. The van der Waals surface area contributed by atoms with Gasteiger partial charge in [-0.2, -0.15) is 9.88 Å². The smallest absolute Gasteiger partial charge is 0.422 e. The summed E-state index contributed by atoms with van der Waals surface area (Å²) in [5.74, 6) is 0.00316. The first-order valence-electron chi connectivity index (χ1n) is 5.79. The fourth-order valence-electron chi connectivity index (χ4n) is 1.33. The van der Waals surface area contributed by atoms with Gasteiger partial charge in [-0.05, 0) is 26.8 Å². The van der Waals surface area contributed by atoms with Crippen molar-refractivity contribution in [2.45, 2.75) is 33.3 Å². The predicted molar refractivity (Wildman–Crippen MR) is 70.2 cm³/mol. The number of hydrogen-bond acceptors (Lipinski definition) is 5. The molecular weight excluding hydrogens is 248 g/mol. The minimum atomic E-state index is -0.763. The SMILES string of the molecule is COc1cccc(N(C(C)=O)C(=O)OC(C)(C)C)n1. The van der Waals surface area contributed by atoms with Gasteiger partial charge in [0.15, 0.2) is 0 Å². The number of ether oxygens (including phenoxy) is 2. The molecular formula is C13H18N2O4. The van der Waals surface area contributed by atoms with E-state index in [1.165, 1.54) is 20.1 Å². The summed E-state index contributed by atoms with van der Waals surface area (Å²) < 4.78 is 10.1. The van der Waals surface area contributed by atoms with Crippen LogP contribution in [-0.4, -0.2) is 29.7 Å². The van der Waals surface area contributed by atoms with E-state index in [0.717, 1.165) is 4.90 Å². The third-order valence-corrected chi connectivity index (χ3v) is 2.04. The Morgan fingerprint density at radius 2 is 1.89 bits per heavy atom. The van der Waals surface area contributed by atoms with Crippen molar-refractivity contribution in [2.24, 2.45) is 0 Å². The molecule has 1 heterocycles. The third kappa shape index (κ3) is 4.24. The van der Waals surface area contributed by atoms with E-state index >= 15 is 0 Å². The lowest BCUT2D eigenvalue weighted by molar-refractivity contribution is -0.116. The van der Waals surface area contributed by atoms with E-state index in [2.05, 4.69) is 4.98 Å². The minimum absolute atomic E-state index is 0.168. The van der Waals surface area contributed by atoms with Gasteiger partial charge in [0, 0.05) is 13.0 Å². The number of hydrogen-bond donors (Lipinski definition) is 0. The largest absolute Gasteiger partial charge is 0.481 e. The van der Waals surface area contributed by atoms with Crippen LogP contribution in [0.3, 0.4) is 0 Å². The molecule has 0 aliphatic heterocycles. The molecule has 0 radical (unpaired) electrons. The molecule has 0 unspecified atom stereocenters. The number of nitrogens with zero attached hydrogens (tertiary/aromatic N) is 2. The Balaban J connectivity index is 3.07. The summed E-state index contributed by atoms with van der Waals surface area (Å²) in [6.45, 7) is 6.44. The van der Waals surface area contributed by atoms with E-state index in [9.17, 15) is 9.59 Å². The number of rotatable bonds is 2. The van der Waals surface area contributed by atoms with E-state index < -0.39 is 17.6 Å². The van der Waals surface area contributed by atoms with Crippen LogP contribution in [0.5, 0.6) is 5.88 Å². The molecule has 1 rings (SSSR count). The van der Waals surface area contributed by atoms with Gasteiger partial charge in [-0.25, -0.2) is 4.79 Å². The first-order valence-corrected chi connectivity index (χ1v) is 5.79. The van der Waals surface area contributed by atoms with Crippen molar-refractivity contribution >= 4 is 17.8 Å². The molecule has 0 fully saturated rings. The van der Waals surface area contributed by atoms with Gasteiger partial charge in [0.05, 0.1) is 7.11 Å². The highest BCUT2D eigenvalue weighted by Crippen LogP contribution is 2.19. The van der Waals surface area contributed by atoms with Crippen LogP contribution in [0.15, 0.2) is 18.2 Å². The lowest BCUT2D eigenvalue weighted by Crippen LogP contribution is -2.40. The number of aromatic nitrogens is 1. The van der Waals surface area contributed by atoms with Crippen molar-refractivity contribution < 1.29 is 19.1 Å². The number of amides is 2. The summed E-state index contributed by atoms with van der Waals surface area (Å²) in [5, 5.41) is 0. The molecule has 2 amide bonds. The van der Waals surface area contributed by atoms with Crippen molar-refractivity contribution in [3.05, 3.63) is 18.2 Å². The zero-order valence-electron chi connectivity index (χ0n) is 11.8. The number of imide groups is 1. The van der Waals surface area contributed by atoms with E-state index in [0.29, 0.717) is 5.88 Å². The number of anilines is 1. The predicted octanol–water partition coefficient (Wildman–Crippen LogP) is 2.38. The van der Waals surface area contributed by atoms with Crippen LogP contribution in [0.1, 0.15) is 27.7 Å². The molecule has 0 aliphatic carbocycles. The molecule has 0 saturated heterocycles. The summed E-state index contributed by atoms with van der Waals surface area (Å²) in [6, 6.07) is 4.80. The first-order chi connectivity index (χ1) is 8.74. The molecule has 1 aromatic rings. The van der Waals surface area contributed by atoms with Crippen LogP contribution in [0, 0.1) is 0 Å². The molecule has 1 aromatic heterocycles. The Bertz CT molecular complexity index is 480. The van der Waals surface area contributed by atoms with Crippen molar-refractivity contribution in [3.63, 3.8) is 0 Å². The molecule has 6 heteroatoms.